The number of halogens is 1. The van der Waals surface area contributed by atoms with Crippen molar-refractivity contribution in [1.82, 2.24) is 4.90 Å². The van der Waals surface area contributed by atoms with Crippen molar-refractivity contribution in [3.8, 4) is 5.75 Å². The molecule has 0 saturated heterocycles. The molecule has 0 aromatic heterocycles. The Kier molecular flexibility index (Phi) is 4.79. The van der Waals surface area contributed by atoms with Crippen LogP contribution in [0.3, 0.4) is 0 Å². The molecule has 18 heavy (non-hydrogen) atoms. The molecule has 0 radical (unpaired) electrons. The van der Waals surface area contributed by atoms with Gasteiger partial charge in [-0.3, -0.25) is 14.5 Å². The number of benzene rings is 1. The van der Waals surface area contributed by atoms with Gasteiger partial charge in [0.1, 0.15) is 0 Å². The molecule has 1 rings (SSSR count). The van der Waals surface area contributed by atoms with Gasteiger partial charge in [-0.05, 0) is 25.2 Å². The first-order valence-electron chi connectivity index (χ1n) is 5.27. The van der Waals surface area contributed by atoms with Crippen LogP contribution in [0.2, 0.25) is 0 Å². The summed E-state index contributed by atoms with van der Waals surface area (Å²) in [6.07, 6.45) is 0. The number of nitrogens with two attached hydrogens (primary N) is 1. The Balaban J connectivity index is 2.72. The Labute approximate surface area is 104 Å². The topological polar surface area (TPSA) is 72.6 Å². The first-order chi connectivity index (χ1) is 8.43. The van der Waals surface area contributed by atoms with E-state index in [1.807, 2.05) is 0 Å². The molecular formula is C12H15FN2O3. The summed E-state index contributed by atoms with van der Waals surface area (Å²) in [5.74, 6) is -1.33. The van der Waals surface area contributed by atoms with Gasteiger partial charge in [-0.2, -0.15) is 0 Å². The molecule has 1 aromatic rings. The van der Waals surface area contributed by atoms with E-state index in [9.17, 15) is 14.0 Å². The van der Waals surface area contributed by atoms with Crippen molar-refractivity contribution in [2.45, 2.75) is 0 Å². The predicted octanol–water partition coefficient (Wildman–Crippen LogP) is 0.434. The summed E-state index contributed by atoms with van der Waals surface area (Å²) in [5.41, 5.74) is 5.23. The van der Waals surface area contributed by atoms with E-state index in [0.29, 0.717) is 0 Å². The molecule has 6 heteroatoms. The van der Waals surface area contributed by atoms with Crippen molar-refractivity contribution in [2.24, 2.45) is 5.73 Å². The predicted molar refractivity (Wildman–Crippen MR) is 64.0 cm³/mol. The highest BCUT2D eigenvalue weighted by atomic mass is 19.1. The Morgan fingerprint density at radius 1 is 1.39 bits per heavy atom. The van der Waals surface area contributed by atoms with Crippen molar-refractivity contribution >= 4 is 11.7 Å². The molecule has 1 amide bonds. The van der Waals surface area contributed by atoms with Crippen LogP contribution in [0.1, 0.15) is 10.4 Å². The second-order valence-corrected chi connectivity index (χ2v) is 3.91. The van der Waals surface area contributed by atoms with E-state index in [1.165, 1.54) is 24.1 Å². The van der Waals surface area contributed by atoms with Crippen molar-refractivity contribution in [3.05, 3.63) is 29.6 Å². The average Bonchev–Trinajstić information content (AvgIpc) is 2.27. The SMILES string of the molecule is COc1ccc(C(=O)CN(C)CC(N)=O)cc1F. The minimum atomic E-state index is -0.596. The maximum Gasteiger partial charge on any atom is 0.231 e. The molecule has 0 saturated carbocycles. The minimum Gasteiger partial charge on any atom is -0.494 e. The highest BCUT2D eigenvalue weighted by Gasteiger charge is 2.13. The van der Waals surface area contributed by atoms with Crippen LogP contribution in [0.5, 0.6) is 5.75 Å². The summed E-state index contributed by atoms with van der Waals surface area (Å²) in [6.45, 7) is -0.0287. The zero-order valence-corrected chi connectivity index (χ0v) is 10.3. The van der Waals surface area contributed by atoms with Crippen LogP contribution in [0.4, 0.5) is 4.39 Å². The molecule has 0 atom stereocenters. The fourth-order valence-electron chi connectivity index (χ4n) is 1.50. The zero-order chi connectivity index (χ0) is 13.7. The van der Waals surface area contributed by atoms with Gasteiger partial charge in [-0.1, -0.05) is 0 Å². The van der Waals surface area contributed by atoms with Crippen molar-refractivity contribution in [1.29, 1.82) is 0 Å². The number of carbonyl (C=O) groups is 2. The number of likely N-dealkylation sites (N-methyl/N-ethyl adjacent to an activating group) is 1. The number of nitrogens with zero attached hydrogens (tertiary/aromatic N) is 1. The first kappa shape index (κ1) is 14.1. The van der Waals surface area contributed by atoms with Crippen LogP contribution < -0.4 is 10.5 Å². The molecule has 5 nitrogen and oxygen atoms in total. The van der Waals surface area contributed by atoms with Crippen LogP contribution in [0.15, 0.2) is 18.2 Å². The number of methoxy groups -OCH3 is 1. The third-order valence-electron chi connectivity index (χ3n) is 2.31. The standard InChI is InChI=1S/C12H15FN2O3/c1-15(7-12(14)17)6-10(16)8-3-4-11(18-2)9(13)5-8/h3-5H,6-7H2,1-2H3,(H2,14,17). The molecule has 0 aliphatic rings. The lowest BCUT2D eigenvalue weighted by Crippen LogP contribution is -2.34. The van der Waals surface area contributed by atoms with Crippen molar-refractivity contribution < 1.29 is 18.7 Å². The summed E-state index contributed by atoms with van der Waals surface area (Å²) < 4.78 is 18.1. The largest absolute Gasteiger partial charge is 0.494 e. The summed E-state index contributed by atoms with van der Waals surface area (Å²) in [5, 5.41) is 0. The third kappa shape index (κ3) is 3.81. The molecule has 98 valence electrons. The number of carbonyl (C=O) groups excluding carboxylic acids is 2. The normalized spacial score (nSPS) is 10.4. The number of ether oxygens (including phenoxy) is 1. The summed E-state index contributed by atoms with van der Waals surface area (Å²) >= 11 is 0. The monoisotopic (exact) mass is 254 g/mol. The van der Waals surface area contributed by atoms with Crippen molar-refractivity contribution in [3.63, 3.8) is 0 Å². The molecule has 0 aliphatic heterocycles. The van der Waals surface area contributed by atoms with Crippen LogP contribution in [0.25, 0.3) is 0 Å². The maximum atomic E-state index is 13.4. The summed E-state index contributed by atoms with van der Waals surface area (Å²) in [7, 11) is 2.93. The van der Waals surface area contributed by atoms with Gasteiger partial charge in [0.15, 0.2) is 17.3 Å². The van der Waals surface area contributed by atoms with E-state index >= 15 is 0 Å². The second kappa shape index (κ2) is 6.11. The number of hydrogen-bond acceptors (Lipinski definition) is 4. The van der Waals surface area contributed by atoms with Gasteiger partial charge in [0.2, 0.25) is 5.91 Å². The summed E-state index contributed by atoms with van der Waals surface area (Å²) in [4.78, 5) is 23.9. The fraction of sp³-hybridized carbons (Fsp3) is 0.333. The second-order valence-electron chi connectivity index (χ2n) is 3.91. The smallest absolute Gasteiger partial charge is 0.231 e. The van der Waals surface area contributed by atoms with E-state index < -0.39 is 11.7 Å². The molecule has 0 fully saturated rings. The first-order valence-corrected chi connectivity index (χ1v) is 5.27. The number of Topliss-reactive ketones (excluding diaryl/α,β-unsaturated/α-hetero) is 1. The maximum absolute atomic E-state index is 13.4. The molecule has 0 bridgehead atoms. The molecule has 0 aliphatic carbocycles. The molecule has 2 N–H and O–H groups in total. The average molecular weight is 254 g/mol. The van der Waals surface area contributed by atoms with Crippen LogP contribution in [-0.2, 0) is 4.79 Å². The highest BCUT2D eigenvalue weighted by molar-refractivity contribution is 5.98. The molecule has 1 aromatic carbocycles. The van der Waals surface area contributed by atoms with E-state index in [0.717, 1.165) is 6.07 Å². The van der Waals surface area contributed by atoms with E-state index in [1.54, 1.807) is 7.05 Å². The Bertz CT molecular complexity index is 463. The van der Waals surface area contributed by atoms with Crippen LogP contribution in [0, 0.1) is 5.82 Å². The Hall–Kier alpha value is -1.95. The fourth-order valence-corrected chi connectivity index (χ4v) is 1.50. The van der Waals surface area contributed by atoms with Gasteiger partial charge in [-0.15, -0.1) is 0 Å². The van der Waals surface area contributed by atoms with Gasteiger partial charge < -0.3 is 10.5 Å². The lowest BCUT2D eigenvalue weighted by atomic mass is 10.1. The summed E-state index contributed by atoms with van der Waals surface area (Å²) in [6, 6.07) is 3.97. The van der Waals surface area contributed by atoms with Crippen molar-refractivity contribution in [2.75, 3.05) is 27.2 Å². The number of ketones is 1. The van der Waals surface area contributed by atoms with Gasteiger partial charge >= 0.3 is 0 Å². The number of rotatable bonds is 6. The van der Waals surface area contributed by atoms with Crippen LogP contribution >= 0.6 is 0 Å². The molecule has 0 spiro atoms. The quantitative estimate of drug-likeness (QED) is 0.747. The zero-order valence-electron chi connectivity index (χ0n) is 10.3. The Morgan fingerprint density at radius 3 is 2.56 bits per heavy atom. The van der Waals surface area contributed by atoms with Crippen LogP contribution in [-0.4, -0.2) is 43.8 Å². The minimum absolute atomic E-state index is 0.00525. The molecule has 0 unspecified atom stereocenters. The lowest BCUT2D eigenvalue weighted by Gasteiger charge is -2.13. The van der Waals surface area contributed by atoms with Gasteiger partial charge in [0.25, 0.3) is 0 Å². The molecule has 0 heterocycles. The Morgan fingerprint density at radius 2 is 2.06 bits per heavy atom. The number of primary amides is 1. The highest BCUT2D eigenvalue weighted by Crippen LogP contribution is 2.18. The van der Waals surface area contributed by atoms with Gasteiger partial charge in [0.05, 0.1) is 20.2 Å². The van der Waals surface area contributed by atoms with E-state index in [2.05, 4.69) is 0 Å². The lowest BCUT2D eigenvalue weighted by molar-refractivity contribution is -0.118. The van der Waals surface area contributed by atoms with Gasteiger partial charge in [0, 0.05) is 5.56 Å². The third-order valence-corrected chi connectivity index (χ3v) is 2.31. The van der Waals surface area contributed by atoms with E-state index in [-0.39, 0.29) is 30.2 Å². The van der Waals surface area contributed by atoms with Gasteiger partial charge in [-0.25, -0.2) is 4.39 Å². The number of amides is 1. The number of hydrogen-bond donors (Lipinski definition) is 1. The van der Waals surface area contributed by atoms with E-state index in [4.69, 9.17) is 10.5 Å². The molecular weight excluding hydrogens is 239 g/mol.